The summed E-state index contributed by atoms with van der Waals surface area (Å²) in [5, 5.41) is 10.8. The van der Waals surface area contributed by atoms with Gasteiger partial charge in [-0.3, -0.25) is 0 Å². The lowest BCUT2D eigenvalue weighted by molar-refractivity contribution is 0.210. The van der Waals surface area contributed by atoms with E-state index >= 15 is 0 Å². The minimum absolute atomic E-state index is 0.164. The van der Waals surface area contributed by atoms with E-state index in [1.54, 1.807) is 29.3 Å². The van der Waals surface area contributed by atoms with Crippen LogP contribution in [-0.4, -0.2) is 44.1 Å². The van der Waals surface area contributed by atoms with Gasteiger partial charge in [0.1, 0.15) is 5.52 Å². The molecule has 0 saturated carbocycles. The summed E-state index contributed by atoms with van der Waals surface area (Å²) in [5.74, 6) is 0. The topological polar surface area (TPSA) is 98.3 Å². The van der Waals surface area contributed by atoms with Crippen molar-refractivity contribution in [3.63, 3.8) is 0 Å². The molecule has 3 aromatic rings. The standard InChI is InChI=1S/C16H18N6O3/c1-2-24-16-19-13-8-11(4-5-14(13)25-16)18-15(23)21-6-3-7-22-12(10-21)9-17-20-22/h4-5,8-9H,2-3,6-7,10H2,1H3,(H,18,23). The molecule has 0 fully saturated rings. The van der Waals surface area contributed by atoms with Crippen molar-refractivity contribution in [2.45, 2.75) is 26.4 Å². The highest BCUT2D eigenvalue weighted by molar-refractivity contribution is 5.91. The van der Waals surface area contributed by atoms with Gasteiger partial charge < -0.3 is 19.4 Å². The van der Waals surface area contributed by atoms with Crippen LogP contribution in [0.4, 0.5) is 10.5 Å². The molecule has 2 aromatic heterocycles. The molecule has 0 spiro atoms. The molecular formula is C16H18N6O3. The quantitative estimate of drug-likeness (QED) is 0.784. The molecule has 1 N–H and O–H groups in total. The number of nitrogens with one attached hydrogen (secondary N) is 1. The normalized spacial score (nSPS) is 14.2. The Labute approximate surface area is 143 Å². The van der Waals surface area contributed by atoms with Crippen molar-refractivity contribution in [3.8, 4) is 6.08 Å². The predicted molar refractivity (Wildman–Crippen MR) is 89.2 cm³/mol. The van der Waals surface area contributed by atoms with Crippen molar-refractivity contribution in [1.82, 2.24) is 24.9 Å². The smallest absolute Gasteiger partial charge is 0.394 e. The van der Waals surface area contributed by atoms with Gasteiger partial charge in [0.05, 0.1) is 25.0 Å². The van der Waals surface area contributed by atoms with Crippen molar-refractivity contribution < 1.29 is 13.9 Å². The van der Waals surface area contributed by atoms with Crippen molar-refractivity contribution in [2.24, 2.45) is 0 Å². The Kier molecular flexibility index (Phi) is 3.96. The first-order valence-electron chi connectivity index (χ1n) is 8.19. The second-order valence-electron chi connectivity index (χ2n) is 5.75. The third-order valence-corrected chi connectivity index (χ3v) is 4.02. The number of amides is 2. The van der Waals surface area contributed by atoms with E-state index in [0.29, 0.717) is 36.5 Å². The summed E-state index contributed by atoms with van der Waals surface area (Å²) < 4.78 is 12.6. The zero-order valence-electron chi connectivity index (χ0n) is 13.8. The van der Waals surface area contributed by atoms with E-state index in [0.717, 1.165) is 18.7 Å². The summed E-state index contributed by atoms with van der Waals surface area (Å²) in [6, 6.07) is 5.15. The van der Waals surface area contributed by atoms with E-state index in [1.807, 2.05) is 11.6 Å². The van der Waals surface area contributed by atoms with Crippen molar-refractivity contribution >= 4 is 22.8 Å². The first-order chi connectivity index (χ1) is 12.2. The lowest BCUT2D eigenvalue weighted by atomic mass is 10.3. The van der Waals surface area contributed by atoms with Gasteiger partial charge in [0.2, 0.25) is 0 Å². The average Bonchev–Trinajstić information content (AvgIpc) is 3.15. The van der Waals surface area contributed by atoms with Crippen LogP contribution in [0.5, 0.6) is 6.08 Å². The summed E-state index contributed by atoms with van der Waals surface area (Å²) in [6.07, 6.45) is 2.76. The summed E-state index contributed by atoms with van der Waals surface area (Å²) >= 11 is 0. The SMILES string of the molecule is CCOc1nc2cc(NC(=O)N3CCCn4nncc4C3)ccc2o1. The van der Waals surface area contributed by atoms with Gasteiger partial charge in [-0.15, -0.1) is 5.10 Å². The zero-order chi connectivity index (χ0) is 17.2. The van der Waals surface area contributed by atoms with Crippen LogP contribution in [0.3, 0.4) is 0 Å². The number of urea groups is 1. The highest BCUT2D eigenvalue weighted by Crippen LogP contribution is 2.24. The minimum atomic E-state index is -0.164. The molecule has 2 amide bonds. The number of rotatable bonds is 3. The molecule has 130 valence electrons. The number of ether oxygens (including phenoxy) is 1. The van der Waals surface area contributed by atoms with Gasteiger partial charge in [-0.05, 0) is 31.5 Å². The predicted octanol–water partition coefficient (Wildman–Crippen LogP) is 2.26. The number of hydrogen-bond acceptors (Lipinski definition) is 6. The first-order valence-corrected chi connectivity index (χ1v) is 8.19. The molecule has 4 rings (SSSR count). The number of oxazole rings is 1. The molecule has 9 heteroatoms. The van der Waals surface area contributed by atoms with Crippen molar-refractivity contribution in [3.05, 3.63) is 30.1 Å². The van der Waals surface area contributed by atoms with E-state index in [2.05, 4.69) is 20.6 Å². The molecule has 9 nitrogen and oxygen atoms in total. The maximum atomic E-state index is 12.6. The number of benzene rings is 1. The Morgan fingerprint density at radius 2 is 2.32 bits per heavy atom. The lowest BCUT2D eigenvalue weighted by Gasteiger charge is -2.20. The molecule has 0 bridgehead atoms. The van der Waals surface area contributed by atoms with Gasteiger partial charge in [0.15, 0.2) is 5.58 Å². The Balaban J connectivity index is 1.49. The number of nitrogens with zero attached hydrogens (tertiary/aromatic N) is 5. The third kappa shape index (κ3) is 3.12. The van der Waals surface area contributed by atoms with Gasteiger partial charge >= 0.3 is 12.1 Å². The number of aryl methyl sites for hydroxylation is 1. The van der Waals surface area contributed by atoms with Crippen LogP contribution in [0.1, 0.15) is 19.0 Å². The van der Waals surface area contributed by atoms with Crippen molar-refractivity contribution in [2.75, 3.05) is 18.5 Å². The summed E-state index contributed by atoms with van der Waals surface area (Å²) in [5.41, 5.74) is 2.84. The number of carbonyl (C=O) groups excluding carboxylic acids is 1. The summed E-state index contributed by atoms with van der Waals surface area (Å²) in [7, 11) is 0. The molecule has 25 heavy (non-hydrogen) atoms. The van der Waals surface area contributed by atoms with Gasteiger partial charge in [-0.25, -0.2) is 9.48 Å². The fraction of sp³-hybridized carbons (Fsp3) is 0.375. The second kappa shape index (κ2) is 6.42. The maximum Gasteiger partial charge on any atom is 0.394 e. The largest absolute Gasteiger partial charge is 0.450 e. The van der Waals surface area contributed by atoms with E-state index < -0.39 is 0 Å². The molecule has 0 saturated heterocycles. The van der Waals surface area contributed by atoms with Crippen LogP contribution in [0.2, 0.25) is 0 Å². The highest BCUT2D eigenvalue weighted by atomic mass is 16.6. The Morgan fingerprint density at radius 1 is 1.40 bits per heavy atom. The second-order valence-corrected chi connectivity index (χ2v) is 5.75. The van der Waals surface area contributed by atoms with E-state index in [1.165, 1.54) is 0 Å². The molecule has 1 aromatic carbocycles. The van der Waals surface area contributed by atoms with Gasteiger partial charge in [0, 0.05) is 18.8 Å². The van der Waals surface area contributed by atoms with Gasteiger partial charge in [-0.1, -0.05) is 5.21 Å². The number of anilines is 1. The fourth-order valence-corrected chi connectivity index (χ4v) is 2.82. The first kappa shape index (κ1) is 15.4. The van der Waals surface area contributed by atoms with E-state index in [4.69, 9.17) is 9.15 Å². The molecule has 0 radical (unpaired) electrons. The lowest BCUT2D eigenvalue weighted by Crippen LogP contribution is -2.34. The molecule has 0 aliphatic carbocycles. The molecule has 0 unspecified atom stereocenters. The van der Waals surface area contributed by atoms with Crippen LogP contribution in [0.15, 0.2) is 28.8 Å². The Hall–Kier alpha value is -3.10. The van der Waals surface area contributed by atoms with E-state index in [9.17, 15) is 4.79 Å². The Bertz CT molecular complexity index is 902. The molecule has 3 heterocycles. The molecule has 1 aliphatic rings. The monoisotopic (exact) mass is 342 g/mol. The number of hydrogen-bond donors (Lipinski definition) is 1. The fourth-order valence-electron chi connectivity index (χ4n) is 2.82. The third-order valence-electron chi connectivity index (χ3n) is 4.02. The van der Waals surface area contributed by atoms with Crippen LogP contribution in [-0.2, 0) is 13.1 Å². The van der Waals surface area contributed by atoms with Crippen LogP contribution >= 0.6 is 0 Å². The highest BCUT2D eigenvalue weighted by Gasteiger charge is 2.20. The Morgan fingerprint density at radius 3 is 3.20 bits per heavy atom. The summed E-state index contributed by atoms with van der Waals surface area (Å²) in [4.78, 5) is 18.6. The summed E-state index contributed by atoms with van der Waals surface area (Å²) in [6.45, 7) is 4.26. The minimum Gasteiger partial charge on any atom is -0.450 e. The molecule has 1 aliphatic heterocycles. The van der Waals surface area contributed by atoms with Crippen molar-refractivity contribution in [1.29, 1.82) is 0 Å². The van der Waals surface area contributed by atoms with E-state index in [-0.39, 0.29) is 12.1 Å². The van der Waals surface area contributed by atoms with Crippen LogP contribution in [0.25, 0.3) is 11.1 Å². The number of carbonyl (C=O) groups is 1. The van der Waals surface area contributed by atoms with Gasteiger partial charge in [0.25, 0.3) is 0 Å². The molecular weight excluding hydrogens is 324 g/mol. The zero-order valence-corrected chi connectivity index (χ0v) is 13.8. The van der Waals surface area contributed by atoms with Crippen LogP contribution in [0, 0.1) is 0 Å². The number of aromatic nitrogens is 4. The van der Waals surface area contributed by atoms with Gasteiger partial charge in [-0.2, -0.15) is 4.98 Å². The maximum absolute atomic E-state index is 12.6. The van der Waals surface area contributed by atoms with Crippen LogP contribution < -0.4 is 10.1 Å². The average molecular weight is 342 g/mol. The molecule has 0 atom stereocenters. The number of fused-ring (bicyclic) bond motifs is 2.